The molecular formula is C20H21FN4S. The van der Waals surface area contributed by atoms with Crippen LogP contribution in [0, 0.1) is 26.6 Å². The van der Waals surface area contributed by atoms with Crippen molar-refractivity contribution in [1.82, 2.24) is 9.78 Å². The first-order valence-electron chi connectivity index (χ1n) is 8.36. The van der Waals surface area contributed by atoms with E-state index in [2.05, 4.69) is 34.8 Å². The number of halogens is 1. The topological polar surface area (TPSA) is 41.9 Å². The fourth-order valence-corrected chi connectivity index (χ4v) is 3.02. The summed E-state index contributed by atoms with van der Waals surface area (Å²) in [5.41, 5.74) is 5.44. The van der Waals surface area contributed by atoms with Crippen LogP contribution in [0.25, 0.3) is 0 Å². The smallest absolute Gasteiger partial charge is 0.175 e. The van der Waals surface area contributed by atoms with E-state index in [9.17, 15) is 4.39 Å². The maximum Gasteiger partial charge on any atom is 0.175 e. The Morgan fingerprint density at radius 2 is 1.73 bits per heavy atom. The number of nitrogens with one attached hydrogen (secondary N) is 2. The molecule has 4 nitrogen and oxygen atoms in total. The molecule has 26 heavy (non-hydrogen) atoms. The minimum absolute atomic E-state index is 0.330. The molecule has 134 valence electrons. The SMILES string of the molecule is Cc1ccccc1Cn1nc(C)c(NC(=S)Nc2ccccc2F)c1C. The van der Waals surface area contributed by atoms with Gasteiger partial charge < -0.3 is 10.6 Å². The molecule has 0 aliphatic heterocycles. The van der Waals surface area contributed by atoms with Crippen molar-refractivity contribution in [3.8, 4) is 0 Å². The molecule has 6 heteroatoms. The van der Waals surface area contributed by atoms with Gasteiger partial charge >= 0.3 is 0 Å². The molecule has 1 aromatic heterocycles. The zero-order valence-electron chi connectivity index (χ0n) is 15.0. The number of nitrogens with zero attached hydrogens (tertiary/aromatic N) is 2. The molecule has 0 unspecified atom stereocenters. The fourth-order valence-electron chi connectivity index (χ4n) is 2.81. The molecule has 0 atom stereocenters. The maximum absolute atomic E-state index is 13.8. The molecule has 0 amide bonds. The molecule has 0 spiro atoms. The van der Waals surface area contributed by atoms with Gasteiger partial charge in [0.05, 0.1) is 29.3 Å². The molecule has 2 N–H and O–H groups in total. The van der Waals surface area contributed by atoms with Gasteiger partial charge in [-0.1, -0.05) is 36.4 Å². The van der Waals surface area contributed by atoms with Crippen LogP contribution in [-0.4, -0.2) is 14.9 Å². The number of rotatable bonds is 4. The van der Waals surface area contributed by atoms with Crippen molar-refractivity contribution in [3.63, 3.8) is 0 Å². The first-order valence-corrected chi connectivity index (χ1v) is 8.77. The number of para-hydroxylation sites is 1. The molecule has 3 rings (SSSR count). The predicted octanol–water partition coefficient (Wildman–Crippen LogP) is 4.80. The Bertz CT molecular complexity index is 949. The molecule has 1 heterocycles. The van der Waals surface area contributed by atoms with Gasteiger partial charge in [0.2, 0.25) is 0 Å². The van der Waals surface area contributed by atoms with Gasteiger partial charge in [-0.05, 0) is 56.2 Å². The Labute approximate surface area is 158 Å². The van der Waals surface area contributed by atoms with Crippen molar-refractivity contribution in [1.29, 1.82) is 0 Å². The van der Waals surface area contributed by atoms with Crippen LogP contribution in [0.2, 0.25) is 0 Å². The average molecular weight is 368 g/mol. The highest BCUT2D eigenvalue weighted by molar-refractivity contribution is 7.80. The molecule has 0 radical (unpaired) electrons. The molecule has 0 bridgehead atoms. The molecule has 0 aliphatic carbocycles. The highest BCUT2D eigenvalue weighted by atomic mass is 32.1. The zero-order valence-corrected chi connectivity index (χ0v) is 15.8. The maximum atomic E-state index is 13.8. The summed E-state index contributed by atoms with van der Waals surface area (Å²) in [6, 6.07) is 14.7. The second-order valence-corrected chi connectivity index (χ2v) is 6.60. The van der Waals surface area contributed by atoms with E-state index in [0.29, 0.717) is 17.3 Å². The van der Waals surface area contributed by atoms with Gasteiger partial charge in [-0.3, -0.25) is 4.68 Å². The molecule has 3 aromatic rings. The molecular weight excluding hydrogens is 347 g/mol. The van der Waals surface area contributed by atoms with Crippen LogP contribution in [-0.2, 0) is 6.54 Å². The first-order chi connectivity index (χ1) is 12.5. The van der Waals surface area contributed by atoms with Gasteiger partial charge in [-0.2, -0.15) is 5.10 Å². The molecule has 0 fully saturated rings. The van der Waals surface area contributed by atoms with Gasteiger partial charge in [-0.15, -0.1) is 0 Å². The number of hydrogen-bond donors (Lipinski definition) is 2. The summed E-state index contributed by atoms with van der Waals surface area (Å²) >= 11 is 5.33. The zero-order chi connectivity index (χ0) is 18.7. The van der Waals surface area contributed by atoms with Gasteiger partial charge in [-0.25, -0.2) is 4.39 Å². The number of anilines is 2. The monoisotopic (exact) mass is 368 g/mol. The Morgan fingerprint density at radius 3 is 2.46 bits per heavy atom. The highest BCUT2D eigenvalue weighted by Crippen LogP contribution is 2.22. The van der Waals surface area contributed by atoms with Crippen molar-refractivity contribution in [2.45, 2.75) is 27.3 Å². The van der Waals surface area contributed by atoms with Crippen molar-refractivity contribution < 1.29 is 4.39 Å². The van der Waals surface area contributed by atoms with E-state index in [-0.39, 0.29) is 5.82 Å². The number of aromatic nitrogens is 2. The first kappa shape index (κ1) is 18.1. The van der Waals surface area contributed by atoms with Crippen LogP contribution in [0.5, 0.6) is 0 Å². The average Bonchev–Trinajstić information content (AvgIpc) is 2.86. The largest absolute Gasteiger partial charge is 0.330 e. The van der Waals surface area contributed by atoms with Crippen LogP contribution in [0.4, 0.5) is 15.8 Å². The van der Waals surface area contributed by atoms with Crippen LogP contribution < -0.4 is 10.6 Å². The summed E-state index contributed by atoms with van der Waals surface area (Å²) in [7, 11) is 0. The highest BCUT2D eigenvalue weighted by Gasteiger charge is 2.14. The van der Waals surface area contributed by atoms with Crippen molar-refractivity contribution in [3.05, 3.63) is 76.9 Å². The summed E-state index contributed by atoms with van der Waals surface area (Å²) in [4.78, 5) is 0. The van der Waals surface area contributed by atoms with Crippen molar-refractivity contribution in [2.75, 3.05) is 10.6 Å². The molecule has 0 saturated heterocycles. The quantitative estimate of drug-likeness (QED) is 0.649. The van der Waals surface area contributed by atoms with Gasteiger partial charge in [0.15, 0.2) is 5.11 Å². The predicted molar refractivity (Wildman–Crippen MR) is 108 cm³/mol. The number of aryl methyl sites for hydroxylation is 2. The number of benzene rings is 2. The fraction of sp³-hybridized carbons (Fsp3) is 0.200. The van der Waals surface area contributed by atoms with E-state index in [4.69, 9.17) is 12.2 Å². The minimum atomic E-state index is -0.347. The van der Waals surface area contributed by atoms with E-state index in [1.807, 2.05) is 30.7 Å². The Morgan fingerprint density at radius 1 is 1.04 bits per heavy atom. The normalized spacial score (nSPS) is 10.6. The van der Waals surface area contributed by atoms with E-state index in [1.54, 1.807) is 18.2 Å². The summed E-state index contributed by atoms with van der Waals surface area (Å²) in [5, 5.41) is 11.0. The standard InChI is InChI=1S/C20H21FN4S/c1-13-8-4-5-9-16(13)12-25-15(3)19(14(2)24-25)23-20(26)22-18-11-7-6-10-17(18)21/h4-11H,12H2,1-3H3,(H2,22,23,26). The van der Waals surface area contributed by atoms with Gasteiger partial charge in [0, 0.05) is 0 Å². The van der Waals surface area contributed by atoms with Crippen LogP contribution >= 0.6 is 12.2 Å². The summed E-state index contributed by atoms with van der Waals surface area (Å²) in [6.07, 6.45) is 0. The van der Waals surface area contributed by atoms with Crippen molar-refractivity contribution >= 4 is 28.7 Å². The summed E-state index contributed by atoms with van der Waals surface area (Å²) < 4.78 is 15.7. The Kier molecular flexibility index (Phi) is 5.32. The van der Waals surface area contributed by atoms with E-state index >= 15 is 0 Å². The lowest BCUT2D eigenvalue weighted by molar-refractivity contribution is 0.632. The Balaban J connectivity index is 1.77. The molecule has 0 aliphatic rings. The third kappa shape index (κ3) is 3.91. The lowest BCUT2D eigenvalue weighted by Crippen LogP contribution is -2.20. The van der Waals surface area contributed by atoms with Crippen LogP contribution in [0.1, 0.15) is 22.5 Å². The number of thiocarbonyl (C=S) groups is 1. The molecule has 2 aromatic carbocycles. The summed E-state index contributed by atoms with van der Waals surface area (Å²) in [6.45, 7) is 6.70. The summed E-state index contributed by atoms with van der Waals surface area (Å²) in [5.74, 6) is -0.347. The second-order valence-electron chi connectivity index (χ2n) is 6.19. The minimum Gasteiger partial charge on any atom is -0.330 e. The second kappa shape index (κ2) is 7.66. The van der Waals surface area contributed by atoms with E-state index < -0.39 is 0 Å². The van der Waals surface area contributed by atoms with E-state index in [0.717, 1.165) is 17.1 Å². The van der Waals surface area contributed by atoms with Gasteiger partial charge in [0.1, 0.15) is 5.82 Å². The van der Waals surface area contributed by atoms with Crippen molar-refractivity contribution in [2.24, 2.45) is 0 Å². The van der Waals surface area contributed by atoms with Crippen LogP contribution in [0.3, 0.4) is 0 Å². The third-order valence-electron chi connectivity index (χ3n) is 4.32. The van der Waals surface area contributed by atoms with Gasteiger partial charge in [0.25, 0.3) is 0 Å². The lowest BCUT2D eigenvalue weighted by atomic mass is 10.1. The third-order valence-corrected chi connectivity index (χ3v) is 4.53. The lowest BCUT2D eigenvalue weighted by Gasteiger charge is -2.12. The number of hydrogen-bond acceptors (Lipinski definition) is 2. The van der Waals surface area contributed by atoms with E-state index in [1.165, 1.54) is 17.2 Å². The Hall–Kier alpha value is -2.73. The van der Waals surface area contributed by atoms with Crippen LogP contribution in [0.15, 0.2) is 48.5 Å². The molecule has 0 saturated carbocycles.